The summed E-state index contributed by atoms with van der Waals surface area (Å²) in [6.07, 6.45) is 5.27. The Morgan fingerprint density at radius 2 is 1.77 bits per heavy atom. The molecule has 0 spiro atoms. The minimum atomic E-state index is -0.151. The fraction of sp³-hybridized carbons (Fsp3) is 0.765. The van der Waals surface area contributed by atoms with Gasteiger partial charge < -0.3 is 15.7 Å². The van der Waals surface area contributed by atoms with E-state index in [1.165, 1.54) is 0 Å². The number of hydrogen-bond donors (Lipinski definition) is 3. The molecule has 2 aliphatic rings. The predicted octanol–water partition coefficient (Wildman–Crippen LogP) is 2.44. The van der Waals surface area contributed by atoms with Gasteiger partial charge >= 0.3 is 0 Å². The summed E-state index contributed by atoms with van der Waals surface area (Å²) < 4.78 is 0. The van der Waals surface area contributed by atoms with Gasteiger partial charge in [-0.05, 0) is 53.4 Å². The van der Waals surface area contributed by atoms with Crippen LogP contribution >= 0.6 is 0 Å². The lowest BCUT2D eigenvalue weighted by Gasteiger charge is -2.46. The van der Waals surface area contributed by atoms with Crippen LogP contribution in [0.5, 0.6) is 0 Å². The fourth-order valence-corrected chi connectivity index (χ4v) is 4.14. The first kappa shape index (κ1) is 15.7. The first-order valence-electron chi connectivity index (χ1n) is 8.28. The summed E-state index contributed by atoms with van der Waals surface area (Å²) in [5, 5.41) is 16.8. The van der Waals surface area contributed by atoms with E-state index in [2.05, 4.69) is 54.4 Å². The second kappa shape index (κ2) is 5.46. The van der Waals surface area contributed by atoms with Crippen molar-refractivity contribution in [2.45, 2.75) is 82.5 Å². The molecule has 1 aliphatic heterocycles. The van der Waals surface area contributed by atoms with E-state index < -0.39 is 0 Å². The van der Waals surface area contributed by atoms with E-state index in [0.717, 1.165) is 37.2 Å². The van der Waals surface area contributed by atoms with Crippen molar-refractivity contribution in [3.05, 3.63) is 18.1 Å². The minimum absolute atomic E-state index is 0.118. The lowest BCUT2D eigenvalue weighted by Crippen LogP contribution is -2.60. The number of aliphatic hydroxyl groups excluding tert-OH is 1. The average Bonchev–Trinajstić information content (AvgIpc) is 2.31. The Kier molecular flexibility index (Phi) is 3.89. The summed E-state index contributed by atoms with van der Waals surface area (Å²) in [4.78, 5) is 8.76. The monoisotopic (exact) mass is 304 g/mol. The molecule has 3 rings (SSSR count). The Balaban J connectivity index is 1.69. The van der Waals surface area contributed by atoms with E-state index in [9.17, 15) is 5.11 Å². The van der Waals surface area contributed by atoms with Gasteiger partial charge in [0.15, 0.2) is 0 Å². The molecular weight excluding hydrogens is 276 g/mol. The highest BCUT2D eigenvalue weighted by Crippen LogP contribution is 2.36. The SMILES string of the molecule is CC1(C)CC(Nc2cc(C3CC(O)C3)ncn2)CC(C)(C)N1. The van der Waals surface area contributed by atoms with E-state index in [4.69, 9.17) is 0 Å². The molecule has 5 heteroatoms. The van der Waals surface area contributed by atoms with Gasteiger partial charge in [0.05, 0.1) is 6.10 Å². The summed E-state index contributed by atoms with van der Waals surface area (Å²) in [6.45, 7) is 9.01. The molecule has 0 unspecified atom stereocenters. The molecule has 2 heterocycles. The van der Waals surface area contributed by atoms with Gasteiger partial charge in [0, 0.05) is 34.8 Å². The standard InChI is InChI=1S/C17H28N4O/c1-16(2)8-12(9-17(3,4)21-16)20-15-7-14(18-10-19-15)11-5-13(22)6-11/h7,10-13,21-22H,5-6,8-9H2,1-4H3,(H,18,19,20). The molecule has 3 N–H and O–H groups in total. The fourth-order valence-electron chi connectivity index (χ4n) is 4.14. The second-order valence-corrected chi connectivity index (χ2v) is 8.29. The van der Waals surface area contributed by atoms with Gasteiger partial charge in [-0.25, -0.2) is 9.97 Å². The maximum absolute atomic E-state index is 9.46. The van der Waals surface area contributed by atoms with E-state index in [1.54, 1.807) is 6.33 Å². The number of hydrogen-bond acceptors (Lipinski definition) is 5. The van der Waals surface area contributed by atoms with Crippen molar-refractivity contribution in [3.63, 3.8) is 0 Å². The summed E-state index contributed by atoms with van der Waals surface area (Å²) in [6, 6.07) is 2.46. The first-order valence-corrected chi connectivity index (χ1v) is 8.28. The van der Waals surface area contributed by atoms with Crippen molar-refractivity contribution in [1.82, 2.24) is 15.3 Å². The molecule has 1 aromatic rings. The van der Waals surface area contributed by atoms with Crippen LogP contribution in [0.15, 0.2) is 12.4 Å². The highest BCUT2D eigenvalue weighted by molar-refractivity contribution is 5.38. The van der Waals surface area contributed by atoms with Crippen LogP contribution in [-0.4, -0.2) is 38.3 Å². The summed E-state index contributed by atoms with van der Waals surface area (Å²) in [5.41, 5.74) is 1.29. The normalized spacial score (nSPS) is 30.6. The molecule has 0 bridgehead atoms. The zero-order valence-electron chi connectivity index (χ0n) is 14.1. The molecule has 1 saturated carbocycles. The number of anilines is 1. The quantitative estimate of drug-likeness (QED) is 0.800. The molecule has 1 saturated heterocycles. The zero-order chi connectivity index (χ0) is 16.0. The third kappa shape index (κ3) is 3.58. The van der Waals surface area contributed by atoms with E-state index in [0.29, 0.717) is 12.0 Å². The molecule has 0 atom stereocenters. The number of nitrogens with one attached hydrogen (secondary N) is 2. The van der Waals surface area contributed by atoms with E-state index in [1.807, 2.05) is 0 Å². The molecule has 1 aromatic heterocycles. The average molecular weight is 304 g/mol. The molecule has 0 aromatic carbocycles. The second-order valence-electron chi connectivity index (χ2n) is 8.29. The third-order valence-electron chi connectivity index (χ3n) is 4.76. The number of piperidine rings is 1. The van der Waals surface area contributed by atoms with Crippen LogP contribution in [0, 0.1) is 0 Å². The number of nitrogens with zero attached hydrogens (tertiary/aromatic N) is 2. The van der Waals surface area contributed by atoms with Gasteiger partial charge in [0.2, 0.25) is 0 Å². The number of rotatable bonds is 3. The molecule has 2 fully saturated rings. The van der Waals surface area contributed by atoms with Crippen LogP contribution < -0.4 is 10.6 Å². The molecule has 22 heavy (non-hydrogen) atoms. The van der Waals surface area contributed by atoms with Crippen LogP contribution in [0.25, 0.3) is 0 Å². The van der Waals surface area contributed by atoms with Gasteiger partial charge in [-0.1, -0.05) is 0 Å². The highest BCUT2D eigenvalue weighted by atomic mass is 16.3. The zero-order valence-corrected chi connectivity index (χ0v) is 14.1. The predicted molar refractivity (Wildman–Crippen MR) is 88.0 cm³/mol. The summed E-state index contributed by atoms with van der Waals surface area (Å²) in [5.74, 6) is 1.30. The topological polar surface area (TPSA) is 70.1 Å². The van der Waals surface area contributed by atoms with Crippen molar-refractivity contribution in [1.29, 1.82) is 0 Å². The van der Waals surface area contributed by atoms with Crippen LogP contribution in [0.2, 0.25) is 0 Å². The van der Waals surface area contributed by atoms with Gasteiger partial charge in [-0.15, -0.1) is 0 Å². The molecule has 1 aliphatic carbocycles. The largest absolute Gasteiger partial charge is 0.393 e. The third-order valence-corrected chi connectivity index (χ3v) is 4.76. The van der Waals surface area contributed by atoms with Crippen molar-refractivity contribution in [2.24, 2.45) is 0 Å². The van der Waals surface area contributed by atoms with Crippen molar-refractivity contribution in [2.75, 3.05) is 5.32 Å². The van der Waals surface area contributed by atoms with Crippen molar-refractivity contribution in [3.8, 4) is 0 Å². The smallest absolute Gasteiger partial charge is 0.129 e. The Morgan fingerprint density at radius 1 is 1.14 bits per heavy atom. The molecule has 0 radical (unpaired) electrons. The Hall–Kier alpha value is -1.20. The lowest BCUT2D eigenvalue weighted by molar-refractivity contribution is 0.0732. The summed E-state index contributed by atoms with van der Waals surface area (Å²) in [7, 11) is 0. The Morgan fingerprint density at radius 3 is 2.36 bits per heavy atom. The van der Waals surface area contributed by atoms with Gasteiger partial charge in [0.1, 0.15) is 12.1 Å². The number of aromatic nitrogens is 2. The highest BCUT2D eigenvalue weighted by Gasteiger charge is 2.37. The van der Waals surface area contributed by atoms with Gasteiger partial charge in [-0.2, -0.15) is 0 Å². The molecule has 0 amide bonds. The molecular formula is C17H28N4O. The first-order chi connectivity index (χ1) is 10.2. The molecule has 122 valence electrons. The van der Waals surface area contributed by atoms with Crippen LogP contribution in [0.1, 0.15) is 65.0 Å². The molecule has 5 nitrogen and oxygen atoms in total. The van der Waals surface area contributed by atoms with Crippen LogP contribution in [0.3, 0.4) is 0 Å². The maximum Gasteiger partial charge on any atom is 0.129 e. The Labute approximate surface area is 132 Å². The van der Waals surface area contributed by atoms with E-state index in [-0.39, 0.29) is 17.2 Å². The Bertz CT molecular complexity index is 521. The number of aliphatic hydroxyl groups is 1. The minimum Gasteiger partial charge on any atom is -0.393 e. The van der Waals surface area contributed by atoms with Crippen LogP contribution in [-0.2, 0) is 0 Å². The lowest BCUT2D eigenvalue weighted by atomic mass is 9.79. The van der Waals surface area contributed by atoms with Crippen LogP contribution in [0.4, 0.5) is 5.82 Å². The van der Waals surface area contributed by atoms with Gasteiger partial charge in [-0.3, -0.25) is 0 Å². The van der Waals surface area contributed by atoms with Crippen molar-refractivity contribution >= 4 is 5.82 Å². The van der Waals surface area contributed by atoms with E-state index >= 15 is 0 Å². The summed E-state index contributed by atoms with van der Waals surface area (Å²) >= 11 is 0. The maximum atomic E-state index is 9.46. The van der Waals surface area contributed by atoms with Gasteiger partial charge in [0.25, 0.3) is 0 Å². The van der Waals surface area contributed by atoms with Crippen molar-refractivity contribution < 1.29 is 5.11 Å².